The van der Waals surface area contributed by atoms with Gasteiger partial charge in [0.05, 0.1) is 12.7 Å². The van der Waals surface area contributed by atoms with Crippen molar-refractivity contribution in [1.29, 1.82) is 0 Å². The summed E-state index contributed by atoms with van der Waals surface area (Å²) < 4.78 is 10.7. The standard InChI is InChI=1S/C14H20O3/c1-4-12-5-7-14(8-6-12)17-10-13(15)9-16-11(2)3/h4-8,11,13,15H,1,9-10H2,2-3H3. The average molecular weight is 236 g/mol. The molecule has 0 aliphatic heterocycles. The summed E-state index contributed by atoms with van der Waals surface area (Å²) in [6, 6.07) is 7.54. The fourth-order valence-electron chi connectivity index (χ4n) is 1.24. The summed E-state index contributed by atoms with van der Waals surface area (Å²) >= 11 is 0. The number of hydrogen-bond donors (Lipinski definition) is 1. The first kappa shape index (κ1) is 13.7. The molecule has 0 aromatic heterocycles. The third kappa shape index (κ3) is 5.52. The number of rotatable bonds is 7. The summed E-state index contributed by atoms with van der Waals surface area (Å²) in [5.74, 6) is 0.735. The van der Waals surface area contributed by atoms with Crippen LogP contribution in [0.5, 0.6) is 5.75 Å². The maximum absolute atomic E-state index is 9.59. The lowest BCUT2D eigenvalue weighted by atomic mass is 10.2. The molecule has 94 valence electrons. The number of hydrogen-bond acceptors (Lipinski definition) is 3. The second-order valence-electron chi connectivity index (χ2n) is 4.12. The van der Waals surface area contributed by atoms with Gasteiger partial charge in [0.25, 0.3) is 0 Å². The first-order valence-electron chi connectivity index (χ1n) is 5.76. The van der Waals surface area contributed by atoms with Crippen LogP contribution in [0, 0.1) is 0 Å². The molecule has 0 spiro atoms. The van der Waals surface area contributed by atoms with Crippen LogP contribution >= 0.6 is 0 Å². The molecule has 1 N–H and O–H groups in total. The van der Waals surface area contributed by atoms with Gasteiger partial charge in [0.15, 0.2) is 0 Å². The predicted octanol–water partition coefficient (Wildman–Crippen LogP) is 2.49. The summed E-state index contributed by atoms with van der Waals surface area (Å²) in [4.78, 5) is 0. The van der Waals surface area contributed by atoms with Gasteiger partial charge in [0.1, 0.15) is 18.5 Å². The number of benzene rings is 1. The maximum atomic E-state index is 9.59. The van der Waals surface area contributed by atoms with E-state index >= 15 is 0 Å². The Morgan fingerprint density at radius 2 is 1.88 bits per heavy atom. The zero-order chi connectivity index (χ0) is 12.7. The van der Waals surface area contributed by atoms with E-state index in [2.05, 4.69) is 6.58 Å². The van der Waals surface area contributed by atoms with Crippen molar-refractivity contribution in [3.05, 3.63) is 36.4 Å². The molecule has 0 amide bonds. The maximum Gasteiger partial charge on any atom is 0.119 e. The van der Waals surface area contributed by atoms with Crippen molar-refractivity contribution < 1.29 is 14.6 Å². The zero-order valence-corrected chi connectivity index (χ0v) is 10.4. The Hall–Kier alpha value is -1.32. The lowest BCUT2D eigenvalue weighted by Gasteiger charge is -2.14. The molecule has 0 aliphatic carbocycles. The molecule has 0 bridgehead atoms. The minimum absolute atomic E-state index is 0.122. The van der Waals surface area contributed by atoms with Crippen LogP contribution in [-0.4, -0.2) is 30.5 Å². The molecule has 3 heteroatoms. The Bertz CT molecular complexity index is 330. The molecule has 1 rings (SSSR count). The van der Waals surface area contributed by atoms with E-state index in [0.29, 0.717) is 6.61 Å². The molecule has 0 aliphatic rings. The highest BCUT2D eigenvalue weighted by atomic mass is 16.5. The van der Waals surface area contributed by atoms with Crippen LogP contribution in [0.4, 0.5) is 0 Å². The van der Waals surface area contributed by atoms with Crippen LogP contribution in [0.1, 0.15) is 19.4 Å². The van der Waals surface area contributed by atoms with Gasteiger partial charge in [0, 0.05) is 0 Å². The summed E-state index contributed by atoms with van der Waals surface area (Å²) in [5, 5.41) is 9.59. The summed E-state index contributed by atoms with van der Waals surface area (Å²) in [6.45, 7) is 8.07. The van der Waals surface area contributed by atoms with Crippen LogP contribution in [0.25, 0.3) is 6.08 Å². The van der Waals surface area contributed by atoms with Crippen molar-refractivity contribution in [2.75, 3.05) is 13.2 Å². The second-order valence-corrected chi connectivity index (χ2v) is 4.12. The van der Waals surface area contributed by atoms with Crippen LogP contribution in [0.15, 0.2) is 30.8 Å². The third-order valence-electron chi connectivity index (χ3n) is 2.18. The molecule has 1 unspecified atom stereocenters. The van der Waals surface area contributed by atoms with E-state index < -0.39 is 6.10 Å². The van der Waals surface area contributed by atoms with Crippen molar-refractivity contribution in [2.24, 2.45) is 0 Å². The quantitative estimate of drug-likeness (QED) is 0.790. The van der Waals surface area contributed by atoms with Crippen LogP contribution in [0.2, 0.25) is 0 Å². The monoisotopic (exact) mass is 236 g/mol. The lowest BCUT2D eigenvalue weighted by Crippen LogP contribution is -2.25. The van der Waals surface area contributed by atoms with Crippen molar-refractivity contribution in [2.45, 2.75) is 26.1 Å². The Morgan fingerprint density at radius 1 is 1.24 bits per heavy atom. The minimum Gasteiger partial charge on any atom is -0.491 e. The highest BCUT2D eigenvalue weighted by molar-refractivity contribution is 5.48. The van der Waals surface area contributed by atoms with Crippen molar-refractivity contribution in [3.63, 3.8) is 0 Å². The van der Waals surface area contributed by atoms with E-state index in [0.717, 1.165) is 11.3 Å². The fourth-order valence-corrected chi connectivity index (χ4v) is 1.24. The Morgan fingerprint density at radius 3 is 2.41 bits per heavy atom. The van der Waals surface area contributed by atoms with Gasteiger partial charge >= 0.3 is 0 Å². The van der Waals surface area contributed by atoms with E-state index in [9.17, 15) is 5.11 Å². The molecular formula is C14H20O3. The third-order valence-corrected chi connectivity index (χ3v) is 2.18. The van der Waals surface area contributed by atoms with Crippen molar-refractivity contribution in [1.82, 2.24) is 0 Å². The molecule has 0 heterocycles. The van der Waals surface area contributed by atoms with E-state index in [1.165, 1.54) is 0 Å². The molecule has 1 aromatic carbocycles. The molecule has 1 atom stereocenters. The number of aliphatic hydroxyl groups is 1. The number of ether oxygens (including phenoxy) is 2. The molecular weight excluding hydrogens is 216 g/mol. The van der Waals surface area contributed by atoms with E-state index in [4.69, 9.17) is 9.47 Å². The molecule has 0 fully saturated rings. The van der Waals surface area contributed by atoms with Gasteiger partial charge in [-0.25, -0.2) is 0 Å². The smallest absolute Gasteiger partial charge is 0.119 e. The van der Waals surface area contributed by atoms with Gasteiger partial charge in [-0.3, -0.25) is 0 Å². The van der Waals surface area contributed by atoms with Gasteiger partial charge in [-0.2, -0.15) is 0 Å². The lowest BCUT2D eigenvalue weighted by molar-refractivity contribution is -0.0122. The molecule has 17 heavy (non-hydrogen) atoms. The Labute approximate surface area is 103 Å². The highest BCUT2D eigenvalue weighted by Crippen LogP contribution is 2.13. The molecule has 1 aromatic rings. The first-order chi connectivity index (χ1) is 8.11. The van der Waals surface area contributed by atoms with Gasteiger partial charge in [0.2, 0.25) is 0 Å². The van der Waals surface area contributed by atoms with Gasteiger partial charge in [-0.1, -0.05) is 24.8 Å². The van der Waals surface area contributed by atoms with Gasteiger partial charge in [-0.05, 0) is 31.5 Å². The van der Waals surface area contributed by atoms with Crippen LogP contribution in [0.3, 0.4) is 0 Å². The Balaban J connectivity index is 2.31. The molecule has 3 nitrogen and oxygen atoms in total. The summed E-state index contributed by atoms with van der Waals surface area (Å²) in [5.41, 5.74) is 1.04. The van der Waals surface area contributed by atoms with Crippen molar-refractivity contribution >= 4 is 6.08 Å². The highest BCUT2D eigenvalue weighted by Gasteiger charge is 2.06. The molecule has 0 saturated heterocycles. The Kier molecular flexibility index (Phi) is 5.73. The van der Waals surface area contributed by atoms with Crippen LogP contribution in [-0.2, 0) is 4.74 Å². The molecule has 0 radical (unpaired) electrons. The normalized spacial score (nSPS) is 12.5. The second kappa shape index (κ2) is 7.09. The van der Waals surface area contributed by atoms with Crippen LogP contribution < -0.4 is 4.74 Å². The largest absolute Gasteiger partial charge is 0.491 e. The van der Waals surface area contributed by atoms with E-state index in [1.54, 1.807) is 6.08 Å². The fraction of sp³-hybridized carbons (Fsp3) is 0.429. The van der Waals surface area contributed by atoms with E-state index in [-0.39, 0.29) is 12.7 Å². The summed E-state index contributed by atoms with van der Waals surface area (Å²) in [7, 11) is 0. The predicted molar refractivity (Wildman–Crippen MR) is 69.1 cm³/mol. The minimum atomic E-state index is -0.600. The van der Waals surface area contributed by atoms with Gasteiger partial charge < -0.3 is 14.6 Å². The van der Waals surface area contributed by atoms with Gasteiger partial charge in [-0.15, -0.1) is 0 Å². The van der Waals surface area contributed by atoms with E-state index in [1.807, 2.05) is 38.1 Å². The first-order valence-corrected chi connectivity index (χ1v) is 5.76. The topological polar surface area (TPSA) is 38.7 Å². The molecule has 0 saturated carbocycles. The zero-order valence-electron chi connectivity index (χ0n) is 10.4. The summed E-state index contributed by atoms with van der Waals surface area (Å²) in [6.07, 6.45) is 1.29. The SMILES string of the molecule is C=Cc1ccc(OCC(O)COC(C)C)cc1. The average Bonchev–Trinajstić information content (AvgIpc) is 2.34. The number of aliphatic hydroxyl groups excluding tert-OH is 1. The van der Waals surface area contributed by atoms with Crippen molar-refractivity contribution in [3.8, 4) is 5.75 Å².